The molecule has 1 N–H and O–H groups in total. The van der Waals surface area contributed by atoms with Crippen LogP contribution in [0.1, 0.15) is 75.2 Å². The quantitative estimate of drug-likeness (QED) is 0.577. The first-order chi connectivity index (χ1) is 14.6. The monoisotopic (exact) mass is 428 g/mol. The Labute approximate surface area is 183 Å². The molecule has 2 heterocycles. The highest BCUT2D eigenvalue weighted by Gasteiger charge is 2.35. The number of aromatic nitrogens is 4. The Kier molecular flexibility index (Phi) is 6.85. The molecule has 0 aliphatic heterocycles. The summed E-state index contributed by atoms with van der Waals surface area (Å²) in [5, 5.41) is 13.9. The number of nitrogens with one attached hydrogen (secondary N) is 1. The molecule has 2 atom stereocenters. The average molecular weight is 429 g/mol. The lowest BCUT2D eigenvalue weighted by Crippen LogP contribution is -3.10. The van der Waals surface area contributed by atoms with Gasteiger partial charge in [0.25, 0.3) is 0 Å². The molecule has 1 unspecified atom stereocenters. The Morgan fingerprint density at radius 2 is 1.87 bits per heavy atom. The van der Waals surface area contributed by atoms with Crippen LogP contribution in [0.5, 0.6) is 0 Å². The van der Waals surface area contributed by atoms with Crippen LogP contribution in [0.2, 0.25) is 5.02 Å². The summed E-state index contributed by atoms with van der Waals surface area (Å²) in [5.41, 5.74) is 1.24. The van der Waals surface area contributed by atoms with Crippen molar-refractivity contribution < 1.29 is 9.32 Å². The molecule has 1 aromatic carbocycles. The van der Waals surface area contributed by atoms with Gasteiger partial charge in [0.15, 0.2) is 11.8 Å². The third-order valence-corrected chi connectivity index (χ3v) is 6.40. The summed E-state index contributed by atoms with van der Waals surface area (Å²) in [7, 11) is 0. The number of nitrogens with zero attached hydrogens (tertiary/aromatic N) is 4. The molecule has 1 saturated carbocycles. The third kappa shape index (κ3) is 4.93. The first-order valence-corrected chi connectivity index (χ1v) is 11.4. The summed E-state index contributed by atoms with van der Waals surface area (Å²) >= 11 is 6.11. The van der Waals surface area contributed by atoms with E-state index in [2.05, 4.69) is 46.2 Å². The Bertz CT molecular complexity index is 900. The highest BCUT2D eigenvalue weighted by molar-refractivity contribution is 6.30. The molecule has 4 rings (SSSR count). The van der Waals surface area contributed by atoms with Crippen molar-refractivity contribution in [3.8, 4) is 0 Å². The minimum Gasteiger partial charge on any atom is -0.463 e. The minimum atomic E-state index is 0.155. The van der Waals surface area contributed by atoms with E-state index in [9.17, 15) is 0 Å². The molecule has 7 heteroatoms. The van der Waals surface area contributed by atoms with Gasteiger partial charge >= 0.3 is 0 Å². The molecular weight excluding hydrogens is 398 g/mol. The first kappa shape index (κ1) is 21.1. The molecule has 0 saturated heterocycles. The van der Waals surface area contributed by atoms with Gasteiger partial charge in [-0.25, -0.2) is 4.68 Å². The molecule has 1 fully saturated rings. The van der Waals surface area contributed by atoms with Crippen molar-refractivity contribution in [3.05, 3.63) is 64.8 Å². The molecule has 0 bridgehead atoms. The summed E-state index contributed by atoms with van der Waals surface area (Å²) in [4.78, 5) is 1.37. The summed E-state index contributed by atoms with van der Waals surface area (Å²) in [6.07, 6.45) is 7.88. The van der Waals surface area contributed by atoms with Crippen LogP contribution in [0.4, 0.5) is 0 Å². The average Bonchev–Trinajstić information content (AvgIpc) is 3.43. The van der Waals surface area contributed by atoms with Gasteiger partial charge in [-0.3, -0.25) is 0 Å². The Balaban J connectivity index is 1.66. The van der Waals surface area contributed by atoms with Gasteiger partial charge in [0.05, 0.1) is 12.3 Å². The van der Waals surface area contributed by atoms with Crippen molar-refractivity contribution in [3.63, 3.8) is 0 Å². The SMILES string of the molecule is CC(C)[C@H](c1nnnn1C1CCCCC1)[NH+](Cc1ccc(Cl)cc1)Cc1ccco1. The zero-order valence-electron chi connectivity index (χ0n) is 17.8. The second kappa shape index (κ2) is 9.75. The van der Waals surface area contributed by atoms with E-state index >= 15 is 0 Å². The van der Waals surface area contributed by atoms with E-state index in [1.165, 1.54) is 29.7 Å². The van der Waals surface area contributed by atoms with Gasteiger partial charge in [0.1, 0.15) is 13.1 Å². The second-order valence-corrected chi connectivity index (χ2v) is 9.15. The number of benzene rings is 1. The standard InChI is InChI=1S/C23H30ClN5O/c1-17(2)22(23-25-26-27-29(23)20-7-4-3-5-8-20)28(16-21-9-6-14-30-21)15-18-10-12-19(24)13-11-18/h6,9-14,17,20,22H,3-5,7-8,15-16H2,1-2H3/p+1/t22-/m1/s1. The molecule has 0 amide bonds. The maximum Gasteiger partial charge on any atom is 0.209 e. The number of tetrazole rings is 1. The van der Waals surface area contributed by atoms with Crippen molar-refractivity contribution in [1.82, 2.24) is 20.2 Å². The zero-order chi connectivity index (χ0) is 20.9. The van der Waals surface area contributed by atoms with Crippen LogP contribution in [-0.2, 0) is 13.1 Å². The lowest BCUT2D eigenvalue weighted by atomic mass is 9.94. The topological polar surface area (TPSA) is 61.2 Å². The van der Waals surface area contributed by atoms with Gasteiger partial charge in [0.2, 0.25) is 5.82 Å². The molecule has 1 aliphatic rings. The van der Waals surface area contributed by atoms with Crippen molar-refractivity contribution in [2.45, 2.75) is 71.1 Å². The fraction of sp³-hybridized carbons (Fsp3) is 0.522. The molecular formula is C23H31ClN5O+. The molecule has 2 aromatic heterocycles. The van der Waals surface area contributed by atoms with Crippen molar-refractivity contribution >= 4 is 11.6 Å². The summed E-state index contributed by atoms with van der Waals surface area (Å²) in [6.45, 7) is 6.14. The predicted molar refractivity (Wildman–Crippen MR) is 116 cm³/mol. The fourth-order valence-electron chi connectivity index (χ4n) is 4.73. The highest BCUT2D eigenvalue weighted by atomic mass is 35.5. The Morgan fingerprint density at radius 1 is 1.10 bits per heavy atom. The van der Waals surface area contributed by atoms with Gasteiger partial charge in [-0.15, -0.1) is 5.10 Å². The normalized spacial score (nSPS) is 17.3. The lowest BCUT2D eigenvalue weighted by molar-refractivity contribution is -0.963. The zero-order valence-corrected chi connectivity index (χ0v) is 18.6. The van der Waals surface area contributed by atoms with E-state index in [1.807, 2.05) is 24.3 Å². The maximum atomic E-state index is 6.11. The van der Waals surface area contributed by atoms with E-state index in [4.69, 9.17) is 16.0 Å². The largest absolute Gasteiger partial charge is 0.463 e. The highest BCUT2D eigenvalue weighted by Crippen LogP contribution is 2.30. The van der Waals surface area contributed by atoms with E-state index in [1.54, 1.807) is 6.26 Å². The minimum absolute atomic E-state index is 0.155. The molecule has 30 heavy (non-hydrogen) atoms. The predicted octanol–water partition coefficient (Wildman–Crippen LogP) is 4.41. The molecule has 6 nitrogen and oxygen atoms in total. The Morgan fingerprint density at radius 3 is 2.53 bits per heavy atom. The number of furan rings is 1. The molecule has 3 aromatic rings. The van der Waals surface area contributed by atoms with Gasteiger partial charge in [-0.2, -0.15) is 0 Å². The van der Waals surface area contributed by atoms with Crippen LogP contribution >= 0.6 is 11.6 Å². The lowest BCUT2D eigenvalue weighted by Gasteiger charge is -2.31. The van der Waals surface area contributed by atoms with Gasteiger partial charge in [0, 0.05) is 16.5 Å². The summed E-state index contributed by atoms with van der Waals surface area (Å²) in [5.74, 6) is 2.34. The van der Waals surface area contributed by atoms with Crippen molar-refractivity contribution in [2.75, 3.05) is 0 Å². The Hall–Kier alpha value is -2.18. The smallest absolute Gasteiger partial charge is 0.209 e. The summed E-state index contributed by atoms with van der Waals surface area (Å²) < 4.78 is 7.83. The van der Waals surface area contributed by atoms with E-state index in [-0.39, 0.29) is 6.04 Å². The first-order valence-electron chi connectivity index (χ1n) is 11.0. The molecule has 1 aliphatic carbocycles. The van der Waals surface area contributed by atoms with Crippen molar-refractivity contribution in [2.24, 2.45) is 5.92 Å². The van der Waals surface area contributed by atoms with E-state index < -0.39 is 0 Å². The number of hydrogen-bond acceptors (Lipinski definition) is 4. The molecule has 160 valence electrons. The van der Waals surface area contributed by atoms with Crippen LogP contribution < -0.4 is 4.90 Å². The maximum absolute atomic E-state index is 6.11. The van der Waals surface area contributed by atoms with E-state index in [0.717, 1.165) is 42.5 Å². The van der Waals surface area contributed by atoms with Crippen LogP contribution in [0, 0.1) is 5.92 Å². The van der Waals surface area contributed by atoms with E-state index in [0.29, 0.717) is 12.0 Å². The van der Waals surface area contributed by atoms with Crippen LogP contribution in [0.3, 0.4) is 0 Å². The van der Waals surface area contributed by atoms with Crippen LogP contribution in [0.25, 0.3) is 0 Å². The fourth-order valence-corrected chi connectivity index (χ4v) is 4.85. The molecule has 0 spiro atoms. The summed E-state index contributed by atoms with van der Waals surface area (Å²) in [6, 6.07) is 12.7. The van der Waals surface area contributed by atoms with Gasteiger partial charge in [-0.1, -0.05) is 56.8 Å². The molecule has 0 radical (unpaired) electrons. The van der Waals surface area contributed by atoms with Gasteiger partial charge in [-0.05, 0) is 47.5 Å². The van der Waals surface area contributed by atoms with Crippen molar-refractivity contribution in [1.29, 1.82) is 0 Å². The number of hydrogen-bond donors (Lipinski definition) is 1. The van der Waals surface area contributed by atoms with Gasteiger partial charge < -0.3 is 9.32 Å². The second-order valence-electron chi connectivity index (χ2n) is 8.71. The van der Waals surface area contributed by atoms with Crippen LogP contribution in [0.15, 0.2) is 47.1 Å². The number of quaternary nitrogens is 1. The van der Waals surface area contributed by atoms with Crippen LogP contribution in [-0.4, -0.2) is 20.2 Å². The third-order valence-electron chi connectivity index (χ3n) is 6.15. The number of halogens is 1. The number of rotatable bonds is 8.